The fraction of sp³-hybridized carbons (Fsp3) is 0.447. The van der Waals surface area contributed by atoms with Gasteiger partial charge in [-0.2, -0.15) is 0 Å². The fourth-order valence-corrected chi connectivity index (χ4v) is 5.19. The Hall–Kier alpha value is -3.78. The summed E-state index contributed by atoms with van der Waals surface area (Å²) < 4.78 is 5.37. The minimum Gasteiger partial charge on any atom is -0.480 e. The second-order valence-electron chi connectivity index (χ2n) is 12.5. The van der Waals surface area contributed by atoms with Gasteiger partial charge in [0.1, 0.15) is 12.1 Å². The Morgan fingerprint density at radius 2 is 1.30 bits per heavy atom. The maximum atomic E-state index is 13.9. The van der Waals surface area contributed by atoms with Crippen molar-refractivity contribution in [2.45, 2.75) is 109 Å². The molecule has 0 aliphatic rings. The van der Waals surface area contributed by atoms with E-state index in [0.717, 1.165) is 36.8 Å². The quantitative estimate of drug-likeness (QED) is 0.0560. The van der Waals surface area contributed by atoms with Gasteiger partial charge in [-0.1, -0.05) is 95.6 Å². The molecular formula is C38H52N2O5S. The summed E-state index contributed by atoms with van der Waals surface area (Å²) >= 11 is 4.28. The number of aliphatic carboxylic acids is 1. The lowest BCUT2D eigenvalue weighted by molar-refractivity contribution is -0.142. The molecule has 0 fully saturated rings. The molecule has 0 heterocycles. The Bertz CT molecular complexity index is 1300. The van der Waals surface area contributed by atoms with E-state index in [1.807, 2.05) is 60.7 Å². The van der Waals surface area contributed by atoms with E-state index in [0.29, 0.717) is 12.8 Å². The number of carboxylic acid groups (broad SMARTS) is 1. The second-order valence-corrected chi connectivity index (χ2v) is 13.6. The first-order valence-electron chi connectivity index (χ1n) is 16.1. The van der Waals surface area contributed by atoms with Crippen molar-refractivity contribution < 1.29 is 24.2 Å². The lowest BCUT2D eigenvalue weighted by atomic mass is 9.84. The Morgan fingerprint density at radius 1 is 0.804 bits per heavy atom. The first-order chi connectivity index (χ1) is 21.8. The van der Waals surface area contributed by atoms with Gasteiger partial charge < -0.3 is 20.5 Å². The molecule has 250 valence electrons. The van der Waals surface area contributed by atoms with Gasteiger partial charge in [0.05, 0.1) is 0 Å². The molecule has 46 heavy (non-hydrogen) atoms. The molecule has 7 nitrogen and oxygen atoms in total. The molecule has 0 saturated heterocycles. The number of unbranched alkanes of at least 4 members (excludes halogenated alkanes) is 1. The summed E-state index contributed by atoms with van der Waals surface area (Å²) in [6.07, 6.45) is 11.5. The van der Waals surface area contributed by atoms with Crippen LogP contribution in [-0.2, 0) is 14.3 Å². The minimum atomic E-state index is -1.16. The number of thiol groups is 1. The smallest absolute Gasteiger partial charge is 0.409 e. The first kappa shape index (κ1) is 38.4. The van der Waals surface area contributed by atoms with Crippen molar-refractivity contribution in [3.8, 4) is 0 Å². The largest absolute Gasteiger partial charge is 0.480 e. The predicted molar refractivity (Wildman–Crippen MR) is 190 cm³/mol. The molecule has 3 N–H and O–H groups in total. The molecule has 0 saturated carbocycles. The molecule has 8 heteroatoms. The van der Waals surface area contributed by atoms with Crippen LogP contribution >= 0.6 is 12.6 Å². The van der Waals surface area contributed by atoms with Crippen molar-refractivity contribution in [2.75, 3.05) is 0 Å². The van der Waals surface area contributed by atoms with Crippen LogP contribution in [0.15, 0.2) is 95.6 Å². The van der Waals surface area contributed by atoms with Crippen molar-refractivity contribution in [3.63, 3.8) is 0 Å². The number of hydrogen-bond donors (Lipinski definition) is 4. The normalized spacial score (nSPS) is 13.5. The average molecular weight is 649 g/mol. The van der Waals surface area contributed by atoms with Gasteiger partial charge in [0.15, 0.2) is 4.93 Å². The Kier molecular flexibility index (Phi) is 16.4. The maximum absolute atomic E-state index is 13.9. The van der Waals surface area contributed by atoms with Crippen LogP contribution in [0, 0.1) is 0 Å². The third kappa shape index (κ3) is 15.0. The van der Waals surface area contributed by atoms with Crippen LogP contribution in [0.5, 0.6) is 0 Å². The zero-order chi connectivity index (χ0) is 34.1. The minimum absolute atomic E-state index is 0.246. The zero-order valence-electron chi connectivity index (χ0n) is 28.2. The molecule has 0 aromatic heterocycles. The third-order valence-electron chi connectivity index (χ3n) is 7.48. The average Bonchev–Trinajstić information content (AvgIpc) is 2.98. The number of benzene rings is 2. The molecule has 2 atom stereocenters. The molecule has 2 aromatic rings. The van der Waals surface area contributed by atoms with Gasteiger partial charge in [-0.3, -0.25) is 4.79 Å². The molecule has 0 bridgehead atoms. The zero-order valence-corrected chi connectivity index (χ0v) is 29.1. The molecule has 2 amide bonds. The number of amides is 2. The van der Waals surface area contributed by atoms with Gasteiger partial charge in [0.25, 0.3) is 0 Å². The highest BCUT2D eigenvalue weighted by molar-refractivity contribution is 7.81. The summed E-state index contributed by atoms with van der Waals surface area (Å²) in [7, 11) is 0. The summed E-state index contributed by atoms with van der Waals surface area (Å²) in [5.41, 5.74) is 5.55. The number of carboxylic acids is 1. The standard InChI is InChI=1S/C38H52N2O5S/c1-27(2)17-15-19-29(4)21-16-20-28(3)18-13-14-26-32(36(42)43)39-35(41)34(40-37(44)45-38(5,6)46)33(30-22-9-7-10-23-30)31-24-11-8-12-25-31/h7-12,17-18,21-25,32-34,46H,13-16,19-20,26H2,1-6H3,(H,39,41)(H,40,44)(H,42,43)/b28-18+,29-21+/t32-,34-/m1/s1. The monoisotopic (exact) mass is 648 g/mol. The van der Waals surface area contributed by atoms with Gasteiger partial charge in [-0.15, -0.1) is 12.6 Å². The van der Waals surface area contributed by atoms with Gasteiger partial charge in [0, 0.05) is 5.92 Å². The lowest BCUT2D eigenvalue weighted by Crippen LogP contribution is -2.54. The summed E-state index contributed by atoms with van der Waals surface area (Å²) in [5.74, 6) is -2.35. The first-order valence-corrected chi connectivity index (χ1v) is 16.5. The van der Waals surface area contributed by atoms with Gasteiger partial charge in [-0.05, 0) is 97.6 Å². The van der Waals surface area contributed by atoms with E-state index in [1.165, 1.54) is 16.7 Å². The number of rotatable bonds is 18. The highest BCUT2D eigenvalue weighted by Gasteiger charge is 2.35. The number of carbonyl (C=O) groups excluding carboxylic acids is 2. The van der Waals surface area contributed by atoms with Gasteiger partial charge in [-0.25, -0.2) is 9.59 Å². The second kappa shape index (κ2) is 19.7. The van der Waals surface area contributed by atoms with Crippen molar-refractivity contribution in [2.24, 2.45) is 0 Å². The van der Waals surface area contributed by atoms with Crippen molar-refractivity contribution in [1.82, 2.24) is 10.6 Å². The van der Waals surface area contributed by atoms with E-state index < -0.39 is 40.9 Å². The number of hydrogen-bond acceptors (Lipinski definition) is 5. The SMILES string of the molecule is CC(C)=CCC/C(C)=C/CC/C(C)=C/CCC[C@@H](NC(=O)[C@H](NC(=O)OC(C)(C)S)C(c1ccccc1)c1ccccc1)C(=O)O. The van der Waals surface area contributed by atoms with Gasteiger partial charge in [0.2, 0.25) is 5.91 Å². The van der Waals surface area contributed by atoms with Crippen LogP contribution in [-0.4, -0.2) is 40.1 Å². The summed E-state index contributed by atoms with van der Waals surface area (Å²) in [4.78, 5) is 38.0. The molecule has 0 radical (unpaired) electrons. The molecule has 0 unspecified atom stereocenters. The highest BCUT2D eigenvalue weighted by atomic mass is 32.1. The predicted octanol–water partition coefficient (Wildman–Crippen LogP) is 8.74. The van der Waals surface area contributed by atoms with Crippen molar-refractivity contribution in [3.05, 3.63) is 107 Å². The molecule has 0 aliphatic carbocycles. The number of ether oxygens (including phenoxy) is 1. The van der Waals surface area contributed by atoms with Crippen LogP contribution in [0.1, 0.15) is 104 Å². The molecule has 2 aromatic carbocycles. The van der Waals surface area contributed by atoms with E-state index in [2.05, 4.69) is 69.2 Å². The number of nitrogens with one attached hydrogen (secondary N) is 2. The number of allylic oxidation sites excluding steroid dienone is 6. The van der Waals surface area contributed by atoms with Crippen molar-refractivity contribution in [1.29, 1.82) is 0 Å². The third-order valence-corrected chi connectivity index (χ3v) is 7.57. The lowest BCUT2D eigenvalue weighted by Gasteiger charge is -2.30. The van der Waals surface area contributed by atoms with Gasteiger partial charge >= 0.3 is 12.1 Å². The Balaban J connectivity index is 2.14. The number of alkyl carbamates (subject to hydrolysis) is 1. The fourth-order valence-electron chi connectivity index (χ4n) is 5.11. The summed E-state index contributed by atoms with van der Waals surface area (Å²) in [6, 6.07) is 16.4. The number of carbonyl (C=O) groups is 3. The van der Waals surface area contributed by atoms with E-state index >= 15 is 0 Å². The Labute approximate surface area is 281 Å². The molecule has 2 rings (SSSR count). The van der Waals surface area contributed by atoms with E-state index in [9.17, 15) is 19.5 Å². The van der Waals surface area contributed by atoms with E-state index in [-0.39, 0.29) is 6.42 Å². The molecule has 0 aliphatic heterocycles. The maximum Gasteiger partial charge on any atom is 0.409 e. The highest BCUT2D eigenvalue weighted by Crippen LogP contribution is 2.29. The van der Waals surface area contributed by atoms with Crippen LogP contribution < -0.4 is 10.6 Å². The molecule has 0 spiro atoms. The van der Waals surface area contributed by atoms with E-state index in [4.69, 9.17) is 4.74 Å². The summed E-state index contributed by atoms with van der Waals surface area (Å²) in [5, 5.41) is 15.4. The summed E-state index contributed by atoms with van der Waals surface area (Å²) in [6.45, 7) is 11.7. The Morgan fingerprint density at radius 3 is 1.78 bits per heavy atom. The van der Waals surface area contributed by atoms with Crippen molar-refractivity contribution >= 4 is 30.6 Å². The van der Waals surface area contributed by atoms with Crippen LogP contribution in [0.2, 0.25) is 0 Å². The topological polar surface area (TPSA) is 105 Å². The van der Waals surface area contributed by atoms with Crippen LogP contribution in [0.25, 0.3) is 0 Å². The molecular weight excluding hydrogens is 596 g/mol. The van der Waals surface area contributed by atoms with E-state index in [1.54, 1.807) is 13.8 Å². The van der Waals surface area contributed by atoms with Crippen LogP contribution in [0.4, 0.5) is 4.79 Å². The van der Waals surface area contributed by atoms with Crippen LogP contribution in [0.3, 0.4) is 0 Å².